The molecule has 0 aliphatic carbocycles. The first-order valence-electron chi connectivity index (χ1n) is 9.38. The number of aromatic nitrogens is 6. The molecule has 0 radical (unpaired) electrons. The lowest BCUT2D eigenvalue weighted by atomic mass is 9.98. The highest BCUT2D eigenvalue weighted by Crippen LogP contribution is 2.33. The number of aryl methyl sites for hydroxylation is 1. The second-order valence-corrected chi connectivity index (χ2v) is 7.08. The lowest BCUT2D eigenvalue weighted by Crippen LogP contribution is -2.11. The molecule has 4 heterocycles. The van der Waals surface area contributed by atoms with Crippen molar-refractivity contribution < 1.29 is 0 Å². The van der Waals surface area contributed by atoms with Crippen molar-refractivity contribution in [3.8, 4) is 11.3 Å². The summed E-state index contributed by atoms with van der Waals surface area (Å²) < 4.78 is 1.87. The molecular weight excluding hydrogens is 362 g/mol. The number of hydrogen-bond donors (Lipinski definition) is 1. The van der Waals surface area contributed by atoms with Crippen molar-refractivity contribution in [2.45, 2.75) is 19.9 Å². The lowest BCUT2D eigenvalue weighted by Gasteiger charge is -2.18. The van der Waals surface area contributed by atoms with Crippen molar-refractivity contribution in [3.63, 3.8) is 0 Å². The normalized spacial score (nSPS) is 12.5. The molecule has 7 heteroatoms. The predicted octanol–water partition coefficient (Wildman–Crippen LogP) is 3.94. The van der Waals surface area contributed by atoms with Gasteiger partial charge in [-0.3, -0.25) is 4.98 Å². The Morgan fingerprint density at radius 3 is 2.79 bits per heavy atom. The van der Waals surface area contributed by atoms with Gasteiger partial charge in [0.05, 0.1) is 28.8 Å². The molecule has 2 N–H and O–H groups in total. The first-order chi connectivity index (χ1) is 14.1. The van der Waals surface area contributed by atoms with Crippen molar-refractivity contribution >= 4 is 27.8 Å². The fraction of sp³-hybridized carbons (Fsp3) is 0.136. The lowest BCUT2D eigenvalue weighted by molar-refractivity contribution is 0.579. The summed E-state index contributed by atoms with van der Waals surface area (Å²) in [5, 5.41) is 6.39. The van der Waals surface area contributed by atoms with Gasteiger partial charge in [0.1, 0.15) is 12.1 Å². The van der Waals surface area contributed by atoms with Crippen LogP contribution in [0.5, 0.6) is 0 Å². The molecule has 1 aromatic carbocycles. The standard InChI is InChI=1S/C22H19N7/c1-13-5-3-6-15-9-17(20(28-19(13)15)16-7-4-8-24-10-16)14(2)29-22-18(11-27-29)21(23)25-12-26-22/h3-12,14H,1-2H3,(H2,23,25,26). The molecule has 1 unspecified atom stereocenters. The summed E-state index contributed by atoms with van der Waals surface area (Å²) in [6, 6.07) is 12.2. The molecule has 5 aromatic rings. The Labute approximate surface area is 167 Å². The minimum Gasteiger partial charge on any atom is -0.383 e. The Hall–Kier alpha value is -3.87. The highest BCUT2D eigenvalue weighted by molar-refractivity contribution is 5.87. The Bertz CT molecular complexity index is 1340. The molecule has 29 heavy (non-hydrogen) atoms. The Kier molecular flexibility index (Phi) is 3.94. The number of fused-ring (bicyclic) bond motifs is 2. The van der Waals surface area contributed by atoms with E-state index in [4.69, 9.17) is 10.7 Å². The second-order valence-electron chi connectivity index (χ2n) is 7.08. The first-order valence-corrected chi connectivity index (χ1v) is 9.38. The van der Waals surface area contributed by atoms with E-state index >= 15 is 0 Å². The molecule has 0 saturated carbocycles. The van der Waals surface area contributed by atoms with Gasteiger partial charge < -0.3 is 5.73 Å². The molecule has 0 aliphatic heterocycles. The minimum absolute atomic E-state index is 0.116. The van der Waals surface area contributed by atoms with Crippen LogP contribution in [0.4, 0.5) is 5.82 Å². The van der Waals surface area contributed by atoms with E-state index in [2.05, 4.69) is 58.2 Å². The molecule has 0 saturated heterocycles. The van der Waals surface area contributed by atoms with Gasteiger partial charge in [-0.15, -0.1) is 0 Å². The average molecular weight is 381 g/mol. The third-order valence-corrected chi connectivity index (χ3v) is 5.25. The van der Waals surface area contributed by atoms with Crippen LogP contribution < -0.4 is 5.73 Å². The van der Waals surface area contributed by atoms with E-state index in [0.29, 0.717) is 11.5 Å². The SMILES string of the molecule is Cc1cccc2cc(C(C)n3ncc4c(N)ncnc43)c(-c3cccnc3)nc12. The predicted molar refractivity (Wildman–Crippen MR) is 113 cm³/mol. The van der Waals surface area contributed by atoms with Gasteiger partial charge in [0.25, 0.3) is 0 Å². The zero-order valence-electron chi connectivity index (χ0n) is 16.1. The van der Waals surface area contributed by atoms with Crippen LogP contribution in [-0.4, -0.2) is 29.7 Å². The Morgan fingerprint density at radius 1 is 1.07 bits per heavy atom. The topological polar surface area (TPSA) is 95.4 Å². The van der Waals surface area contributed by atoms with Gasteiger partial charge >= 0.3 is 0 Å². The summed E-state index contributed by atoms with van der Waals surface area (Å²) in [5.41, 5.74) is 11.7. The van der Waals surface area contributed by atoms with Gasteiger partial charge in [-0.05, 0) is 37.6 Å². The van der Waals surface area contributed by atoms with E-state index in [1.807, 2.05) is 23.0 Å². The van der Waals surface area contributed by atoms with Crippen LogP contribution in [0.1, 0.15) is 24.1 Å². The third kappa shape index (κ3) is 2.79. The zero-order valence-corrected chi connectivity index (χ0v) is 16.1. The summed E-state index contributed by atoms with van der Waals surface area (Å²) in [6.07, 6.45) is 6.78. The van der Waals surface area contributed by atoms with E-state index in [-0.39, 0.29) is 6.04 Å². The first kappa shape index (κ1) is 17.2. The molecule has 1 atom stereocenters. The fourth-order valence-electron chi connectivity index (χ4n) is 3.71. The van der Waals surface area contributed by atoms with Gasteiger partial charge in [0, 0.05) is 28.9 Å². The molecular formula is C22H19N7. The van der Waals surface area contributed by atoms with Crippen LogP contribution in [0.2, 0.25) is 0 Å². The van der Waals surface area contributed by atoms with Gasteiger partial charge in [-0.2, -0.15) is 5.10 Å². The maximum Gasteiger partial charge on any atom is 0.163 e. The van der Waals surface area contributed by atoms with Crippen LogP contribution in [-0.2, 0) is 0 Å². The summed E-state index contributed by atoms with van der Waals surface area (Å²) in [4.78, 5) is 17.8. The third-order valence-electron chi connectivity index (χ3n) is 5.25. The van der Waals surface area contributed by atoms with Crippen LogP contribution in [0, 0.1) is 6.92 Å². The number of para-hydroxylation sites is 1. The van der Waals surface area contributed by atoms with E-state index in [1.165, 1.54) is 6.33 Å². The van der Waals surface area contributed by atoms with Crippen molar-refractivity contribution in [3.05, 3.63) is 72.4 Å². The number of nitrogens with zero attached hydrogens (tertiary/aromatic N) is 6. The number of nitrogens with two attached hydrogens (primary N) is 1. The largest absolute Gasteiger partial charge is 0.383 e. The number of anilines is 1. The van der Waals surface area contributed by atoms with Gasteiger partial charge in [0.2, 0.25) is 0 Å². The number of benzene rings is 1. The molecule has 0 aliphatic rings. The molecule has 0 amide bonds. The molecule has 142 valence electrons. The Balaban J connectivity index is 1.77. The number of nitrogen functional groups attached to an aromatic ring is 1. The Morgan fingerprint density at radius 2 is 1.97 bits per heavy atom. The monoisotopic (exact) mass is 381 g/mol. The summed E-state index contributed by atoms with van der Waals surface area (Å²) >= 11 is 0. The molecule has 0 spiro atoms. The minimum atomic E-state index is -0.116. The number of pyridine rings is 2. The fourth-order valence-corrected chi connectivity index (χ4v) is 3.71. The zero-order chi connectivity index (χ0) is 20.0. The maximum absolute atomic E-state index is 6.00. The van der Waals surface area contributed by atoms with E-state index < -0.39 is 0 Å². The summed E-state index contributed by atoms with van der Waals surface area (Å²) in [6.45, 7) is 4.16. The van der Waals surface area contributed by atoms with Crippen molar-refractivity contribution in [2.24, 2.45) is 0 Å². The van der Waals surface area contributed by atoms with Crippen LogP contribution in [0.3, 0.4) is 0 Å². The average Bonchev–Trinajstić information content (AvgIpc) is 3.19. The number of rotatable bonds is 3. The van der Waals surface area contributed by atoms with Crippen molar-refractivity contribution in [1.82, 2.24) is 29.7 Å². The van der Waals surface area contributed by atoms with Gasteiger partial charge in [-0.1, -0.05) is 18.2 Å². The van der Waals surface area contributed by atoms with Gasteiger partial charge in [0.15, 0.2) is 5.65 Å². The molecule has 0 fully saturated rings. The quantitative estimate of drug-likeness (QED) is 0.509. The van der Waals surface area contributed by atoms with Crippen LogP contribution in [0.25, 0.3) is 33.2 Å². The van der Waals surface area contributed by atoms with Crippen LogP contribution >= 0.6 is 0 Å². The van der Waals surface area contributed by atoms with E-state index in [0.717, 1.165) is 38.7 Å². The maximum atomic E-state index is 6.00. The smallest absolute Gasteiger partial charge is 0.163 e. The van der Waals surface area contributed by atoms with Crippen LogP contribution in [0.15, 0.2) is 61.3 Å². The van der Waals surface area contributed by atoms with E-state index in [1.54, 1.807) is 12.4 Å². The molecule has 4 aromatic heterocycles. The van der Waals surface area contributed by atoms with Crippen molar-refractivity contribution in [2.75, 3.05) is 5.73 Å². The van der Waals surface area contributed by atoms with E-state index in [9.17, 15) is 0 Å². The summed E-state index contributed by atoms with van der Waals surface area (Å²) in [7, 11) is 0. The molecule has 0 bridgehead atoms. The highest BCUT2D eigenvalue weighted by Gasteiger charge is 2.20. The molecule has 7 nitrogen and oxygen atoms in total. The molecule has 5 rings (SSSR count). The van der Waals surface area contributed by atoms with Gasteiger partial charge in [-0.25, -0.2) is 19.6 Å². The highest BCUT2D eigenvalue weighted by atomic mass is 15.3. The number of hydrogen-bond acceptors (Lipinski definition) is 6. The summed E-state index contributed by atoms with van der Waals surface area (Å²) in [5.74, 6) is 0.424. The van der Waals surface area contributed by atoms with Crippen molar-refractivity contribution in [1.29, 1.82) is 0 Å². The second kappa shape index (κ2) is 6.63.